The highest BCUT2D eigenvalue weighted by Crippen LogP contribution is 2.31. The topological polar surface area (TPSA) is 146 Å². The summed E-state index contributed by atoms with van der Waals surface area (Å²) in [5, 5.41) is 15.9. The lowest BCUT2D eigenvalue weighted by atomic mass is 10.1. The number of carbonyl (C=O) groups is 2. The molecule has 15 heteroatoms. The van der Waals surface area contributed by atoms with Gasteiger partial charge in [-0.05, 0) is 61.4 Å². The Balaban J connectivity index is 1.55. The lowest BCUT2D eigenvalue weighted by molar-refractivity contribution is -0.137. The predicted molar refractivity (Wildman–Crippen MR) is 178 cm³/mol. The van der Waals surface area contributed by atoms with Crippen LogP contribution in [0.1, 0.15) is 25.0 Å². The fourth-order valence-electron chi connectivity index (χ4n) is 4.49. The minimum atomic E-state index is -4.50. The van der Waals surface area contributed by atoms with E-state index in [-0.39, 0.29) is 37.2 Å². The number of nitrogens with one attached hydrogen (secondary N) is 2. The Hall–Kier alpha value is -5.02. The number of aliphatic hydroxyl groups is 1. The molecule has 2 atom stereocenters. The van der Waals surface area contributed by atoms with Crippen LogP contribution in [-0.2, 0) is 31.9 Å². The van der Waals surface area contributed by atoms with Crippen molar-refractivity contribution in [2.24, 2.45) is 4.36 Å². The average Bonchev–Trinajstić information content (AvgIpc) is 3.04. The van der Waals surface area contributed by atoms with Crippen LogP contribution in [0.5, 0.6) is 0 Å². The Labute approximate surface area is 276 Å². The van der Waals surface area contributed by atoms with E-state index >= 15 is 0 Å². The maximum atomic E-state index is 13.1. The second-order valence-electron chi connectivity index (χ2n) is 10.8. The Morgan fingerprint density at radius 1 is 1.08 bits per heavy atom. The first-order valence-electron chi connectivity index (χ1n) is 14.7. The number of hydrogen-bond acceptors (Lipinski definition) is 9. The summed E-state index contributed by atoms with van der Waals surface area (Å²) < 4.78 is 60.9. The van der Waals surface area contributed by atoms with Crippen molar-refractivity contribution in [3.63, 3.8) is 0 Å². The van der Waals surface area contributed by atoms with E-state index in [1.165, 1.54) is 23.3 Å². The largest absolute Gasteiger partial charge is 0.448 e. The van der Waals surface area contributed by atoms with Crippen LogP contribution in [0.2, 0.25) is 0 Å². The molecule has 0 radical (unpaired) electrons. The normalized spacial score (nSPS) is 13.2. The van der Waals surface area contributed by atoms with Crippen LogP contribution in [0.3, 0.4) is 0 Å². The van der Waals surface area contributed by atoms with E-state index < -0.39 is 33.5 Å². The zero-order chi connectivity index (χ0) is 35.1. The van der Waals surface area contributed by atoms with E-state index in [0.717, 1.165) is 12.1 Å². The molecule has 1 aromatic heterocycles. The summed E-state index contributed by atoms with van der Waals surface area (Å²) in [5.74, 6) is 0.186. The number of alkyl halides is 3. The van der Waals surface area contributed by atoms with Gasteiger partial charge in [-0.1, -0.05) is 36.4 Å². The first-order valence-corrected chi connectivity index (χ1v) is 16.7. The van der Waals surface area contributed by atoms with Crippen LogP contribution in [0.4, 0.5) is 41.1 Å². The molecule has 0 bridgehead atoms. The lowest BCUT2D eigenvalue weighted by Crippen LogP contribution is -2.27. The number of benzene rings is 3. The van der Waals surface area contributed by atoms with E-state index in [2.05, 4.69) is 25.0 Å². The number of likely N-dealkylation sites (N-methyl/N-ethyl adjacent to an activating group) is 1. The van der Waals surface area contributed by atoms with Gasteiger partial charge in [0.2, 0.25) is 11.9 Å². The fraction of sp³-hybridized carbons (Fsp3) is 0.273. The van der Waals surface area contributed by atoms with Gasteiger partial charge in [0.1, 0.15) is 5.82 Å². The van der Waals surface area contributed by atoms with Crippen molar-refractivity contribution >= 4 is 44.9 Å². The van der Waals surface area contributed by atoms with E-state index in [1.807, 2.05) is 0 Å². The molecule has 0 aliphatic rings. The molecule has 0 saturated carbocycles. The molecule has 4 aromatic rings. The summed E-state index contributed by atoms with van der Waals surface area (Å²) in [6, 6.07) is 17.7. The number of carbonyl (C=O) groups excluding carboxylic acids is 2. The zero-order valence-corrected chi connectivity index (χ0v) is 27.4. The van der Waals surface area contributed by atoms with Gasteiger partial charge in [-0.3, -0.25) is 4.79 Å². The number of rotatable bonds is 11. The van der Waals surface area contributed by atoms with Gasteiger partial charge >= 0.3 is 12.3 Å². The number of aromatic nitrogens is 2. The average molecular weight is 685 g/mol. The van der Waals surface area contributed by atoms with Crippen molar-refractivity contribution in [3.05, 3.63) is 90.1 Å². The highest BCUT2D eigenvalue weighted by molar-refractivity contribution is 7.93. The summed E-state index contributed by atoms with van der Waals surface area (Å²) >= 11 is 0. The van der Waals surface area contributed by atoms with Gasteiger partial charge in [0, 0.05) is 47.4 Å². The van der Waals surface area contributed by atoms with Crippen LogP contribution in [0.25, 0.3) is 11.1 Å². The van der Waals surface area contributed by atoms with Crippen molar-refractivity contribution < 1.29 is 36.8 Å². The molecule has 0 fully saturated rings. The monoisotopic (exact) mass is 684 g/mol. The number of amides is 2. The van der Waals surface area contributed by atoms with E-state index in [4.69, 9.17) is 4.74 Å². The van der Waals surface area contributed by atoms with Gasteiger partial charge in [-0.15, -0.1) is 4.36 Å². The summed E-state index contributed by atoms with van der Waals surface area (Å²) in [6.07, 6.45) is -2.73. The molecule has 1 heterocycles. The maximum absolute atomic E-state index is 13.1. The third kappa shape index (κ3) is 9.29. The van der Waals surface area contributed by atoms with Gasteiger partial charge in [0.05, 0.1) is 34.9 Å². The maximum Gasteiger partial charge on any atom is 0.442 e. The number of halogens is 3. The number of nitrogens with zero attached hydrogens (tertiary/aromatic N) is 4. The fourth-order valence-corrected chi connectivity index (χ4v) is 5.60. The minimum Gasteiger partial charge on any atom is -0.448 e. The second kappa shape index (κ2) is 15.3. The molecular weight excluding hydrogens is 649 g/mol. The SMILES string of the molecule is CCOC(=O)N=S(C)(=O)c1cccc(Nc2ncc(-c3ccc(N(C)C(=O)Cc4cccc(C(F)(F)F)c4)cc3)c(NC(C)CO)n2)c1. The van der Waals surface area contributed by atoms with Crippen LogP contribution < -0.4 is 15.5 Å². The first-order chi connectivity index (χ1) is 22.7. The molecule has 0 spiro atoms. The molecular formula is C33H35F3N6O5S. The van der Waals surface area contributed by atoms with Crippen LogP contribution in [-0.4, -0.2) is 63.8 Å². The molecule has 0 aliphatic carbocycles. The van der Waals surface area contributed by atoms with Crippen molar-refractivity contribution in [2.45, 2.75) is 37.4 Å². The molecule has 254 valence electrons. The Kier molecular flexibility index (Phi) is 11.4. The third-order valence-corrected chi connectivity index (χ3v) is 8.67. The molecule has 3 aromatic carbocycles. The number of aliphatic hydroxyl groups excluding tert-OH is 1. The van der Waals surface area contributed by atoms with Crippen molar-refractivity contribution in [3.8, 4) is 11.1 Å². The first kappa shape index (κ1) is 35.8. The smallest absolute Gasteiger partial charge is 0.442 e. The van der Waals surface area contributed by atoms with Gasteiger partial charge in [-0.25, -0.2) is 14.0 Å². The molecule has 2 amide bonds. The predicted octanol–water partition coefficient (Wildman–Crippen LogP) is 6.52. The van der Waals surface area contributed by atoms with Gasteiger partial charge in [0.15, 0.2) is 0 Å². The van der Waals surface area contributed by atoms with E-state index in [0.29, 0.717) is 33.2 Å². The number of anilines is 4. The quantitative estimate of drug-likeness (QED) is 0.161. The zero-order valence-electron chi connectivity index (χ0n) is 26.6. The van der Waals surface area contributed by atoms with Crippen LogP contribution >= 0.6 is 0 Å². The number of ether oxygens (including phenoxy) is 1. The van der Waals surface area contributed by atoms with E-state index in [9.17, 15) is 32.1 Å². The van der Waals surface area contributed by atoms with Gasteiger partial charge < -0.3 is 25.4 Å². The molecule has 0 aliphatic heterocycles. The minimum absolute atomic E-state index is 0.102. The standard InChI is InChI=1S/C33H35F3N6O5S/c1-5-47-32(45)41-48(4,46)27-11-7-10-25(18-27)39-31-37-19-28(30(40-31)38-21(2)20-43)23-12-14-26(15-13-23)42(3)29(44)17-22-8-6-9-24(16-22)33(34,35)36/h6-16,18-19,21,43H,5,17,20H2,1-4H3,(H2,37,38,39,40). The molecule has 11 nitrogen and oxygen atoms in total. The van der Waals surface area contributed by atoms with Crippen LogP contribution in [0, 0.1) is 0 Å². The van der Waals surface area contributed by atoms with Gasteiger partial charge in [-0.2, -0.15) is 18.2 Å². The number of hydrogen-bond donors (Lipinski definition) is 3. The van der Waals surface area contributed by atoms with Crippen LogP contribution in [0.15, 0.2) is 88.3 Å². The Morgan fingerprint density at radius 3 is 2.46 bits per heavy atom. The summed E-state index contributed by atoms with van der Waals surface area (Å²) in [6.45, 7) is 3.31. The second-order valence-corrected chi connectivity index (χ2v) is 13.1. The molecule has 3 N–H and O–H groups in total. The molecule has 48 heavy (non-hydrogen) atoms. The molecule has 4 rings (SSSR count). The summed E-state index contributed by atoms with van der Waals surface area (Å²) in [7, 11) is -1.55. The third-order valence-electron chi connectivity index (χ3n) is 7.04. The van der Waals surface area contributed by atoms with E-state index in [1.54, 1.807) is 75.6 Å². The molecule has 2 unspecified atom stereocenters. The van der Waals surface area contributed by atoms with Crippen molar-refractivity contribution in [2.75, 3.05) is 42.1 Å². The van der Waals surface area contributed by atoms with Crippen molar-refractivity contribution in [1.29, 1.82) is 0 Å². The summed E-state index contributed by atoms with van der Waals surface area (Å²) in [4.78, 5) is 35.4. The highest BCUT2D eigenvalue weighted by atomic mass is 32.2. The highest BCUT2D eigenvalue weighted by Gasteiger charge is 2.30. The Bertz CT molecular complexity index is 1900. The lowest BCUT2D eigenvalue weighted by Gasteiger charge is -2.19. The summed E-state index contributed by atoms with van der Waals surface area (Å²) in [5.41, 5.74) is 1.71. The Morgan fingerprint density at radius 2 is 1.79 bits per heavy atom. The molecule has 0 saturated heterocycles. The van der Waals surface area contributed by atoms with Crippen molar-refractivity contribution in [1.82, 2.24) is 9.97 Å². The van der Waals surface area contributed by atoms with Gasteiger partial charge in [0.25, 0.3) is 0 Å².